The first-order chi connectivity index (χ1) is 11.4. The van der Waals surface area contributed by atoms with E-state index in [4.69, 9.17) is 25.2 Å². The lowest BCUT2D eigenvalue weighted by Crippen LogP contribution is -2.00. The number of esters is 1. The van der Waals surface area contributed by atoms with Gasteiger partial charge in [0.05, 0.1) is 30.9 Å². The predicted molar refractivity (Wildman–Crippen MR) is 84.0 cm³/mol. The molecule has 1 aromatic rings. The van der Waals surface area contributed by atoms with Crippen molar-refractivity contribution < 1.29 is 39.5 Å². The van der Waals surface area contributed by atoms with Gasteiger partial charge in [-0.05, 0) is 43.5 Å². The van der Waals surface area contributed by atoms with Crippen LogP contribution in [0.2, 0.25) is 0 Å². The van der Waals surface area contributed by atoms with Gasteiger partial charge in [-0.1, -0.05) is 0 Å². The van der Waals surface area contributed by atoms with Gasteiger partial charge in [-0.3, -0.25) is 4.79 Å². The van der Waals surface area contributed by atoms with Crippen LogP contribution in [0.5, 0.6) is 0 Å². The molecule has 2 rings (SSSR count). The second-order valence-corrected chi connectivity index (χ2v) is 4.67. The molecule has 4 N–H and O–H groups in total. The summed E-state index contributed by atoms with van der Waals surface area (Å²) in [6.45, 7) is 0.388. The van der Waals surface area contributed by atoms with E-state index in [0.29, 0.717) is 13.0 Å². The van der Waals surface area contributed by atoms with Crippen LogP contribution in [0.4, 0.5) is 0 Å². The standard InChI is InChI=1S/C8H6O4.C6H10O2.C2H6O2/c9-7(10)5-1-2-6(4-3-5)8(11)12;7-6-4-2-1-3-5-8-6;3-1-2-4/h1-4H,(H,9,10)(H,11,12);1-5H2;3-4H,1-2H2. The monoisotopic (exact) mass is 342 g/mol. The third kappa shape index (κ3) is 10.3. The van der Waals surface area contributed by atoms with E-state index in [0.717, 1.165) is 19.3 Å². The number of rotatable bonds is 3. The Balaban J connectivity index is 0.000000379. The number of carbonyl (C=O) groups excluding carboxylic acids is 1. The summed E-state index contributed by atoms with van der Waals surface area (Å²) in [5.74, 6) is -2.15. The Hall–Kier alpha value is -2.45. The average Bonchev–Trinajstić information content (AvgIpc) is 2.83. The van der Waals surface area contributed by atoms with Gasteiger partial charge < -0.3 is 25.2 Å². The summed E-state index contributed by atoms with van der Waals surface area (Å²) in [4.78, 5) is 31.1. The number of ether oxygens (including phenoxy) is 1. The molecule has 8 nitrogen and oxygen atoms in total. The average molecular weight is 342 g/mol. The van der Waals surface area contributed by atoms with Crippen molar-refractivity contribution in [3.8, 4) is 0 Å². The largest absolute Gasteiger partial charge is 0.478 e. The normalized spacial score (nSPS) is 13.2. The van der Waals surface area contributed by atoms with Gasteiger partial charge in [-0.25, -0.2) is 9.59 Å². The molecule has 0 aromatic heterocycles. The minimum atomic E-state index is -1.06. The highest BCUT2D eigenvalue weighted by molar-refractivity contribution is 5.91. The van der Waals surface area contributed by atoms with Crippen LogP contribution in [0, 0.1) is 0 Å². The lowest BCUT2D eigenvalue weighted by molar-refractivity contribution is -0.142. The Morgan fingerprint density at radius 1 is 0.875 bits per heavy atom. The third-order valence-electron chi connectivity index (χ3n) is 2.77. The molecule has 0 amide bonds. The van der Waals surface area contributed by atoms with E-state index in [2.05, 4.69) is 0 Å². The first-order valence-electron chi connectivity index (χ1n) is 7.36. The van der Waals surface area contributed by atoms with Gasteiger partial charge in [0.15, 0.2) is 0 Å². The molecule has 1 heterocycles. The van der Waals surface area contributed by atoms with Crippen LogP contribution >= 0.6 is 0 Å². The highest BCUT2D eigenvalue weighted by Gasteiger charge is 2.06. The SMILES string of the molecule is O=C(O)c1ccc(C(=O)O)cc1.O=C1CCCCCO1.OCCO. The fraction of sp³-hybridized carbons (Fsp3) is 0.438. The molecule has 0 radical (unpaired) electrons. The molecule has 24 heavy (non-hydrogen) atoms. The van der Waals surface area contributed by atoms with Gasteiger partial charge in [0.25, 0.3) is 0 Å². The minimum absolute atomic E-state index is 0.0255. The maximum atomic E-state index is 10.5. The summed E-state index contributed by atoms with van der Waals surface area (Å²) in [7, 11) is 0. The van der Waals surface area contributed by atoms with Crippen molar-refractivity contribution in [1.29, 1.82) is 0 Å². The molecule has 0 spiro atoms. The molecule has 0 aliphatic carbocycles. The second-order valence-electron chi connectivity index (χ2n) is 4.67. The zero-order valence-electron chi connectivity index (χ0n) is 13.2. The first kappa shape index (κ1) is 21.6. The number of aliphatic hydroxyl groups is 2. The fourth-order valence-electron chi connectivity index (χ4n) is 1.56. The minimum Gasteiger partial charge on any atom is -0.478 e. The van der Waals surface area contributed by atoms with Gasteiger partial charge in [0, 0.05) is 6.42 Å². The summed E-state index contributed by atoms with van der Waals surface area (Å²) in [5, 5.41) is 32.2. The highest BCUT2D eigenvalue weighted by Crippen LogP contribution is 2.06. The Bertz CT molecular complexity index is 464. The Morgan fingerprint density at radius 3 is 1.71 bits per heavy atom. The van der Waals surface area contributed by atoms with Crippen molar-refractivity contribution in [2.24, 2.45) is 0 Å². The summed E-state index contributed by atoms with van der Waals surface area (Å²) in [6.07, 6.45) is 3.83. The molecule has 134 valence electrons. The fourth-order valence-corrected chi connectivity index (χ4v) is 1.56. The molecule has 1 aromatic carbocycles. The Labute approximate surface area is 139 Å². The predicted octanol–water partition coefficient (Wildman–Crippen LogP) is 1.16. The van der Waals surface area contributed by atoms with Crippen LogP contribution in [-0.2, 0) is 9.53 Å². The maximum Gasteiger partial charge on any atom is 0.335 e. The molecular formula is C16H22O8. The van der Waals surface area contributed by atoms with E-state index in [-0.39, 0.29) is 30.3 Å². The molecule has 8 heteroatoms. The third-order valence-corrected chi connectivity index (χ3v) is 2.77. The van der Waals surface area contributed by atoms with Crippen molar-refractivity contribution in [2.75, 3.05) is 19.8 Å². The van der Waals surface area contributed by atoms with E-state index in [1.807, 2.05) is 0 Å². The van der Waals surface area contributed by atoms with Crippen molar-refractivity contribution in [1.82, 2.24) is 0 Å². The number of aliphatic hydroxyl groups excluding tert-OH is 2. The summed E-state index contributed by atoms with van der Waals surface area (Å²) < 4.78 is 4.76. The van der Waals surface area contributed by atoms with Gasteiger partial charge in [-0.2, -0.15) is 0 Å². The summed E-state index contributed by atoms with van der Waals surface area (Å²) in [6, 6.07) is 5.02. The quantitative estimate of drug-likeness (QED) is 0.600. The Kier molecular flexibility index (Phi) is 11.7. The summed E-state index contributed by atoms with van der Waals surface area (Å²) in [5.41, 5.74) is 0.167. The number of aromatic carboxylic acids is 2. The molecule has 0 unspecified atom stereocenters. The second kappa shape index (κ2) is 13.0. The number of carbonyl (C=O) groups is 3. The molecule has 1 aliphatic heterocycles. The number of benzene rings is 1. The molecule has 0 atom stereocenters. The van der Waals surface area contributed by atoms with Gasteiger partial charge >= 0.3 is 17.9 Å². The van der Waals surface area contributed by atoms with Gasteiger partial charge in [-0.15, -0.1) is 0 Å². The number of carboxylic acids is 2. The zero-order chi connectivity index (χ0) is 18.4. The smallest absolute Gasteiger partial charge is 0.335 e. The lowest BCUT2D eigenvalue weighted by atomic mass is 10.1. The van der Waals surface area contributed by atoms with Crippen LogP contribution in [0.1, 0.15) is 46.4 Å². The maximum absolute atomic E-state index is 10.5. The van der Waals surface area contributed by atoms with Gasteiger partial charge in [0.1, 0.15) is 0 Å². The van der Waals surface area contributed by atoms with Crippen molar-refractivity contribution >= 4 is 17.9 Å². The van der Waals surface area contributed by atoms with Crippen molar-refractivity contribution in [3.63, 3.8) is 0 Å². The highest BCUT2D eigenvalue weighted by atomic mass is 16.5. The topological polar surface area (TPSA) is 141 Å². The Morgan fingerprint density at radius 2 is 1.33 bits per heavy atom. The van der Waals surface area contributed by atoms with Gasteiger partial charge in [0.2, 0.25) is 0 Å². The van der Waals surface area contributed by atoms with E-state index in [1.54, 1.807) is 0 Å². The lowest BCUT2D eigenvalue weighted by Gasteiger charge is -1.94. The van der Waals surface area contributed by atoms with E-state index in [9.17, 15) is 14.4 Å². The van der Waals surface area contributed by atoms with Crippen molar-refractivity contribution in [2.45, 2.75) is 25.7 Å². The number of cyclic esters (lactones) is 1. The number of hydrogen-bond acceptors (Lipinski definition) is 6. The van der Waals surface area contributed by atoms with Crippen LogP contribution in [0.3, 0.4) is 0 Å². The number of hydrogen-bond donors (Lipinski definition) is 4. The molecule has 0 bridgehead atoms. The van der Waals surface area contributed by atoms with Crippen LogP contribution in [0.15, 0.2) is 24.3 Å². The van der Waals surface area contributed by atoms with E-state index in [1.165, 1.54) is 24.3 Å². The summed E-state index contributed by atoms with van der Waals surface area (Å²) >= 11 is 0. The molecule has 1 aliphatic rings. The van der Waals surface area contributed by atoms with Crippen LogP contribution in [0.25, 0.3) is 0 Å². The van der Waals surface area contributed by atoms with E-state index < -0.39 is 11.9 Å². The number of carboxylic acid groups (broad SMARTS) is 2. The zero-order valence-corrected chi connectivity index (χ0v) is 13.2. The molecule has 0 saturated carbocycles. The van der Waals surface area contributed by atoms with Crippen LogP contribution < -0.4 is 0 Å². The van der Waals surface area contributed by atoms with Crippen LogP contribution in [-0.4, -0.2) is 58.2 Å². The molecule has 1 saturated heterocycles. The van der Waals surface area contributed by atoms with E-state index >= 15 is 0 Å². The molecule has 1 fully saturated rings. The molecular weight excluding hydrogens is 320 g/mol. The first-order valence-corrected chi connectivity index (χ1v) is 7.36. The van der Waals surface area contributed by atoms with Crippen molar-refractivity contribution in [3.05, 3.63) is 35.4 Å².